The molecule has 0 N–H and O–H groups in total. The largest absolute Gasteiger partial charge is 0.389 e. The lowest BCUT2D eigenvalue weighted by molar-refractivity contribution is -0.135. The third kappa shape index (κ3) is 3.89. The average Bonchev–Trinajstić information content (AvgIpc) is 2.40. The zero-order chi connectivity index (χ0) is 15.6. The highest BCUT2D eigenvalue weighted by Crippen LogP contribution is 2.23. The Kier molecular flexibility index (Phi) is 4.78. The first-order valence-electron chi connectivity index (χ1n) is 6.13. The van der Waals surface area contributed by atoms with Crippen molar-refractivity contribution >= 4 is 34.1 Å². The highest BCUT2D eigenvalue weighted by molar-refractivity contribution is 6.31. The van der Waals surface area contributed by atoms with Gasteiger partial charge in [-0.15, -0.1) is 11.6 Å². The van der Waals surface area contributed by atoms with Gasteiger partial charge in [-0.25, -0.2) is 0 Å². The third-order valence-electron chi connectivity index (χ3n) is 2.98. The fraction of sp³-hybridized carbons (Fsp3) is 0.385. The number of halogens is 5. The Labute approximate surface area is 128 Å². The second kappa shape index (κ2) is 6.23. The van der Waals surface area contributed by atoms with E-state index in [1.165, 1.54) is 10.6 Å². The van der Waals surface area contributed by atoms with E-state index in [1.54, 1.807) is 12.1 Å². The molecule has 3 nitrogen and oxygen atoms in total. The lowest BCUT2D eigenvalue weighted by Gasteiger charge is -2.15. The summed E-state index contributed by atoms with van der Waals surface area (Å²) in [7, 11) is 0. The molecule has 0 radical (unpaired) electrons. The summed E-state index contributed by atoms with van der Waals surface area (Å²) in [6.07, 6.45) is -5.24. The number of aryl methyl sites for hydroxylation is 1. The van der Waals surface area contributed by atoms with E-state index in [9.17, 15) is 18.0 Å². The Morgan fingerprint density at radius 3 is 2.62 bits per heavy atom. The van der Waals surface area contributed by atoms with Crippen LogP contribution in [0.3, 0.4) is 0 Å². The predicted octanol–water partition coefficient (Wildman–Crippen LogP) is 4.13. The molecule has 0 amide bonds. The molecule has 1 aromatic heterocycles. The third-order valence-corrected chi connectivity index (χ3v) is 3.46. The molecule has 0 bridgehead atoms. The van der Waals surface area contributed by atoms with Gasteiger partial charge < -0.3 is 4.57 Å². The van der Waals surface area contributed by atoms with Gasteiger partial charge in [0.2, 0.25) is 0 Å². The maximum atomic E-state index is 12.3. The van der Waals surface area contributed by atoms with Crippen LogP contribution in [0, 0.1) is 0 Å². The van der Waals surface area contributed by atoms with Crippen LogP contribution in [0.5, 0.6) is 0 Å². The van der Waals surface area contributed by atoms with Gasteiger partial charge in [-0.2, -0.15) is 18.2 Å². The normalized spacial score (nSPS) is 12.0. The van der Waals surface area contributed by atoms with Crippen LogP contribution < -0.4 is 5.56 Å². The Morgan fingerprint density at radius 1 is 1.29 bits per heavy atom. The molecular weight excluding hydrogens is 328 g/mol. The minimum atomic E-state index is -4.22. The zero-order valence-electron chi connectivity index (χ0n) is 10.8. The van der Waals surface area contributed by atoms with Crippen LogP contribution in [0.2, 0.25) is 5.02 Å². The molecule has 1 aromatic carbocycles. The van der Waals surface area contributed by atoms with Crippen molar-refractivity contribution in [3.63, 3.8) is 0 Å². The molecule has 114 valence electrons. The molecule has 0 aliphatic rings. The summed E-state index contributed by atoms with van der Waals surface area (Å²) in [5.74, 6) is 0.193. The first-order valence-corrected chi connectivity index (χ1v) is 7.05. The molecule has 0 atom stereocenters. The Hall–Kier alpha value is -1.27. The van der Waals surface area contributed by atoms with Crippen LogP contribution in [0.15, 0.2) is 23.0 Å². The molecule has 0 spiro atoms. The number of alkyl halides is 4. The van der Waals surface area contributed by atoms with Crippen LogP contribution in [0.1, 0.15) is 18.7 Å². The average molecular weight is 339 g/mol. The summed E-state index contributed by atoms with van der Waals surface area (Å²) in [6.45, 7) is 0.0764. The van der Waals surface area contributed by atoms with Gasteiger partial charge in [0.1, 0.15) is 5.82 Å². The van der Waals surface area contributed by atoms with Crippen molar-refractivity contribution in [3.8, 4) is 0 Å². The first kappa shape index (κ1) is 16.1. The van der Waals surface area contributed by atoms with Crippen LogP contribution >= 0.6 is 23.2 Å². The number of fused-ring (bicyclic) bond motifs is 1. The Morgan fingerprint density at radius 2 is 2.00 bits per heavy atom. The van der Waals surface area contributed by atoms with Crippen LogP contribution in [-0.2, 0) is 12.4 Å². The lowest BCUT2D eigenvalue weighted by Crippen LogP contribution is -2.19. The smallest absolute Gasteiger partial charge is 0.328 e. The summed E-state index contributed by atoms with van der Waals surface area (Å²) in [5, 5.41) is 0.630. The molecule has 0 fully saturated rings. The number of benzene rings is 1. The summed E-state index contributed by atoms with van der Waals surface area (Å²) < 4.78 is 38.3. The number of hydrogen-bond donors (Lipinski definition) is 0. The van der Waals surface area contributed by atoms with Crippen molar-refractivity contribution in [1.82, 2.24) is 9.55 Å². The lowest BCUT2D eigenvalue weighted by atomic mass is 10.2. The van der Waals surface area contributed by atoms with E-state index in [4.69, 9.17) is 23.2 Å². The highest BCUT2D eigenvalue weighted by atomic mass is 35.5. The van der Waals surface area contributed by atoms with Crippen molar-refractivity contribution in [2.75, 3.05) is 0 Å². The molecule has 0 aliphatic carbocycles. The molecule has 1 heterocycles. The van der Waals surface area contributed by atoms with Gasteiger partial charge in [-0.3, -0.25) is 4.79 Å². The van der Waals surface area contributed by atoms with E-state index in [-0.39, 0.29) is 30.1 Å². The van der Waals surface area contributed by atoms with Crippen LogP contribution in [0.4, 0.5) is 13.2 Å². The summed E-state index contributed by atoms with van der Waals surface area (Å²) >= 11 is 11.6. The standard InChI is InChI=1S/C13H11Cl2F3N2O/c14-7-11-19-12(21)9-6-8(15)2-3-10(9)20(11)5-1-4-13(16,17)18/h2-3,6H,1,4-5,7H2. The van der Waals surface area contributed by atoms with Gasteiger partial charge in [0.05, 0.1) is 16.8 Å². The SMILES string of the molecule is O=c1nc(CCl)n(CCCC(F)(F)F)c2ccc(Cl)cc12. The molecule has 0 unspecified atom stereocenters. The summed E-state index contributed by atoms with van der Waals surface area (Å²) in [4.78, 5) is 15.7. The van der Waals surface area contributed by atoms with Crippen molar-refractivity contribution in [2.24, 2.45) is 0 Å². The van der Waals surface area contributed by atoms with Gasteiger partial charge in [0.15, 0.2) is 0 Å². The van der Waals surface area contributed by atoms with E-state index in [2.05, 4.69) is 4.98 Å². The molecule has 0 aliphatic heterocycles. The Balaban J connectivity index is 2.45. The minimum absolute atomic E-state index is 0.0557. The van der Waals surface area contributed by atoms with E-state index in [1.807, 2.05) is 0 Å². The van der Waals surface area contributed by atoms with Crippen molar-refractivity contribution < 1.29 is 13.2 Å². The van der Waals surface area contributed by atoms with Gasteiger partial charge in [0.25, 0.3) is 5.56 Å². The minimum Gasteiger partial charge on any atom is -0.328 e. The van der Waals surface area contributed by atoms with Crippen molar-refractivity contribution in [2.45, 2.75) is 31.4 Å². The zero-order valence-corrected chi connectivity index (χ0v) is 12.3. The van der Waals surface area contributed by atoms with Gasteiger partial charge >= 0.3 is 6.18 Å². The molecule has 0 saturated carbocycles. The molecule has 2 aromatic rings. The maximum Gasteiger partial charge on any atom is 0.389 e. The molecule has 2 rings (SSSR count). The molecule has 21 heavy (non-hydrogen) atoms. The van der Waals surface area contributed by atoms with E-state index >= 15 is 0 Å². The predicted molar refractivity (Wildman–Crippen MR) is 75.9 cm³/mol. The number of aromatic nitrogens is 2. The fourth-order valence-electron chi connectivity index (χ4n) is 2.08. The second-order valence-corrected chi connectivity index (χ2v) is 5.20. The highest BCUT2D eigenvalue weighted by Gasteiger charge is 2.26. The molecule has 8 heteroatoms. The first-order chi connectivity index (χ1) is 9.81. The molecule has 0 saturated heterocycles. The van der Waals surface area contributed by atoms with Gasteiger partial charge in [-0.05, 0) is 24.6 Å². The van der Waals surface area contributed by atoms with E-state index < -0.39 is 18.2 Å². The topological polar surface area (TPSA) is 34.9 Å². The number of hydrogen-bond acceptors (Lipinski definition) is 2. The van der Waals surface area contributed by atoms with Crippen LogP contribution in [-0.4, -0.2) is 15.7 Å². The fourth-order valence-corrected chi connectivity index (χ4v) is 2.46. The number of nitrogens with zero attached hydrogens (tertiary/aromatic N) is 2. The van der Waals surface area contributed by atoms with Crippen molar-refractivity contribution in [3.05, 3.63) is 39.4 Å². The quantitative estimate of drug-likeness (QED) is 0.785. The van der Waals surface area contributed by atoms with Gasteiger partial charge in [-0.1, -0.05) is 11.6 Å². The molecular formula is C13H11Cl2F3N2O. The maximum absolute atomic E-state index is 12.3. The van der Waals surface area contributed by atoms with E-state index in [0.717, 1.165) is 0 Å². The summed E-state index contributed by atoms with van der Waals surface area (Å²) in [5.41, 5.74) is -0.00699. The monoisotopic (exact) mass is 338 g/mol. The van der Waals surface area contributed by atoms with Gasteiger partial charge in [0, 0.05) is 18.0 Å². The van der Waals surface area contributed by atoms with Crippen molar-refractivity contribution in [1.29, 1.82) is 0 Å². The summed E-state index contributed by atoms with van der Waals surface area (Å²) in [6, 6.07) is 4.61. The van der Waals surface area contributed by atoms with E-state index in [0.29, 0.717) is 10.5 Å². The second-order valence-electron chi connectivity index (χ2n) is 4.50. The number of rotatable bonds is 4. The Bertz CT molecular complexity index is 713. The van der Waals surface area contributed by atoms with Crippen LogP contribution in [0.25, 0.3) is 10.9 Å².